The number of nitrogens with zero attached hydrogens (tertiary/aromatic N) is 2. The average Bonchev–Trinajstić information content (AvgIpc) is 2.73. The van der Waals surface area contributed by atoms with E-state index in [1.165, 1.54) is 6.26 Å². The first kappa shape index (κ1) is 25.7. The van der Waals surface area contributed by atoms with Gasteiger partial charge in [-0.05, 0) is 48.9 Å². The second-order valence-corrected chi connectivity index (χ2v) is 13.9. The normalized spacial score (nSPS) is 19.9. The summed E-state index contributed by atoms with van der Waals surface area (Å²) in [5, 5.41) is -0.276. The van der Waals surface area contributed by atoms with Gasteiger partial charge in [-0.3, -0.25) is 0 Å². The first-order valence-electron chi connectivity index (χ1n) is 11.5. The number of anilines is 1. The van der Waals surface area contributed by atoms with Crippen LogP contribution in [0.4, 0.5) is 5.69 Å². The summed E-state index contributed by atoms with van der Waals surface area (Å²) in [6, 6.07) is 17.4. The summed E-state index contributed by atoms with van der Waals surface area (Å²) < 4.78 is 51.8. The highest BCUT2D eigenvalue weighted by Gasteiger charge is 2.31. The highest BCUT2D eigenvalue weighted by Crippen LogP contribution is 2.28. The fourth-order valence-electron chi connectivity index (χ4n) is 4.46. The van der Waals surface area contributed by atoms with Crippen LogP contribution in [0.1, 0.15) is 44.7 Å². The minimum Gasteiger partial charge on any atom is -0.369 e. The van der Waals surface area contributed by atoms with Gasteiger partial charge in [0.15, 0.2) is 0 Å². The maximum atomic E-state index is 13.2. The summed E-state index contributed by atoms with van der Waals surface area (Å²) >= 11 is 0. The van der Waals surface area contributed by atoms with Crippen LogP contribution in [0, 0.1) is 5.92 Å². The Morgan fingerprint density at radius 1 is 0.970 bits per heavy atom. The predicted octanol–water partition coefficient (Wildman–Crippen LogP) is 4.08. The van der Waals surface area contributed by atoms with Crippen molar-refractivity contribution in [2.24, 2.45) is 5.92 Å². The van der Waals surface area contributed by atoms with Crippen LogP contribution in [0.25, 0.3) is 0 Å². The number of benzene rings is 2. The molecule has 0 aromatic heterocycles. The largest absolute Gasteiger partial charge is 0.369 e. The van der Waals surface area contributed by atoms with Crippen LogP contribution in [0.5, 0.6) is 0 Å². The van der Waals surface area contributed by atoms with Crippen molar-refractivity contribution in [3.8, 4) is 0 Å². The molecular weight excluding hydrogens is 456 g/mol. The van der Waals surface area contributed by atoms with Crippen LogP contribution in [0.2, 0.25) is 0 Å². The molecule has 2 unspecified atom stereocenters. The van der Waals surface area contributed by atoms with Crippen LogP contribution in [-0.4, -0.2) is 51.8 Å². The van der Waals surface area contributed by atoms with E-state index in [0.717, 1.165) is 16.8 Å². The Morgan fingerprint density at radius 3 is 2.15 bits per heavy atom. The lowest BCUT2D eigenvalue weighted by Crippen LogP contribution is -2.45. The molecule has 1 aliphatic heterocycles. The van der Waals surface area contributed by atoms with Crippen molar-refractivity contribution in [1.82, 2.24) is 4.31 Å². The van der Waals surface area contributed by atoms with Crippen LogP contribution in [-0.2, 0) is 32.2 Å². The minimum atomic E-state index is -3.46. The molecule has 3 rings (SSSR count). The molecule has 0 radical (unpaired) electrons. The zero-order valence-electron chi connectivity index (χ0n) is 20.0. The van der Waals surface area contributed by atoms with Gasteiger partial charge >= 0.3 is 0 Å². The average molecular weight is 493 g/mol. The molecule has 1 heterocycles. The Morgan fingerprint density at radius 2 is 1.61 bits per heavy atom. The molecule has 0 bridgehead atoms. The fraction of sp³-hybridized carbons (Fsp3) is 0.520. The maximum Gasteiger partial charge on any atom is 0.218 e. The predicted molar refractivity (Wildman–Crippen MR) is 135 cm³/mol. The van der Waals surface area contributed by atoms with Crippen molar-refractivity contribution in [3.63, 3.8) is 0 Å². The molecule has 0 amide bonds. The number of sulfone groups is 1. The van der Waals surface area contributed by atoms with Gasteiger partial charge in [0.25, 0.3) is 0 Å². The standard InChI is InChI=1S/C25H36N2O4S2/c1-20(2)17-26(33(30,31)19-23-8-6-5-7-9-23)18-22-10-12-24(13-11-22)27-15-14-25(16-21(27)3)32(4,28)29/h5-13,20-21,25H,14-19H2,1-4H3. The number of piperidine rings is 1. The van der Waals surface area contributed by atoms with Crippen molar-refractivity contribution in [1.29, 1.82) is 0 Å². The number of rotatable bonds is 9. The number of sulfonamides is 1. The van der Waals surface area contributed by atoms with E-state index in [1.807, 2.05) is 68.4 Å². The maximum absolute atomic E-state index is 13.2. The first-order valence-corrected chi connectivity index (χ1v) is 15.1. The van der Waals surface area contributed by atoms with E-state index in [1.54, 1.807) is 4.31 Å². The van der Waals surface area contributed by atoms with Crippen molar-refractivity contribution in [2.45, 2.75) is 57.2 Å². The van der Waals surface area contributed by atoms with E-state index in [0.29, 0.717) is 32.5 Å². The second kappa shape index (κ2) is 10.6. The zero-order chi connectivity index (χ0) is 24.2. The third-order valence-electron chi connectivity index (χ3n) is 6.21. The van der Waals surface area contributed by atoms with Crippen molar-refractivity contribution < 1.29 is 16.8 Å². The Bertz CT molecular complexity index is 1110. The van der Waals surface area contributed by atoms with Gasteiger partial charge in [0.2, 0.25) is 10.0 Å². The molecule has 1 aliphatic rings. The quantitative estimate of drug-likeness (QED) is 0.527. The summed E-state index contributed by atoms with van der Waals surface area (Å²) in [5.41, 5.74) is 2.77. The van der Waals surface area contributed by atoms with E-state index in [2.05, 4.69) is 11.8 Å². The molecule has 33 heavy (non-hydrogen) atoms. The smallest absolute Gasteiger partial charge is 0.218 e. The Labute approximate surface area is 199 Å². The Balaban J connectivity index is 1.72. The molecule has 1 fully saturated rings. The first-order chi connectivity index (χ1) is 15.5. The number of hydrogen-bond donors (Lipinski definition) is 0. The van der Waals surface area contributed by atoms with Crippen molar-refractivity contribution in [3.05, 3.63) is 65.7 Å². The minimum absolute atomic E-state index is 0.00849. The van der Waals surface area contributed by atoms with Crippen molar-refractivity contribution in [2.75, 3.05) is 24.2 Å². The van der Waals surface area contributed by atoms with Crippen LogP contribution in [0.3, 0.4) is 0 Å². The second-order valence-electron chi connectivity index (χ2n) is 9.61. The molecule has 2 aromatic rings. The molecule has 0 spiro atoms. The molecule has 0 N–H and O–H groups in total. The molecule has 8 heteroatoms. The van der Waals surface area contributed by atoms with Gasteiger partial charge in [0.05, 0.1) is 11.0 Å². The molecular formula is C25H36N2O4S2. The molecule has 182 valence electrons. The lowest BCUT2D eigenvalue weighted by molar-refractivity contribution is 0.361. The van der Waals surface area contributed by atoms with Gasteiger partial charge in [-0.25, -0.2) is 16.8 Å². The topological polar surface area (TPSA) is 74.8 Å². The zero-order valence-corrected chi connectivity index (χ0v) is 21.6. The van der Waals surface area contributed by atoms with Crippen LogP contribution >= 0.6 is 0 Å². The van der Waals surface area contributed by atoms with Crippen LogP contribution in [0.15, 0.2) is 54.6 Å². The van der Waals surface area contributed by atoms with E-state index in [4.69, 9.17) is 0 Å². The van der Waals surface area contributed by atoms with E-state index < -0.39 is 19.9 Å². The third kappa shape index (κ3) is 7.04. The molecule has 0 aliphatic carbocycles. The van der Waals surface area contributed by atoms with E-state index >= 15 is 0 Å². The van der Waals surface area contributed by atoms with Gasteiger partial charge in [0, 0.05) is 37.6 Å². The SMILES string of the molecule is CC(C)CN(Cc1ccc(N2CCC(S(C)(=O)=O)CC2C)cc1)S(=O)(=O)Cc1ccccc1. The molecule has 6 nitrogen and oxygen atoms in total. The summed E-state index contributed by atoms with van der Waals surface area (Å²) in [4.78, 5) is 2.24. The summed E-state index contributed by atoms with van der Waals surface area (Å²) in [7, 11) is -6.48. The lowest BCUT2D eigenvalue weighted by Gasteiger charge is -2.38. The number of hydrogen-bond acceptors (Lipinski definition) is 5. The van der Waals surface area contributed by atoms with Gasteiger partial charge in [-0.1, -0.05) is 56.3 Å². The van der Waals surface area contributed by atoms with Crippen molar-refractivity contribution >= 4 is 25.5 Å². The molecule has 2 atom stereocenters. The highest BCUT2D eigenvalue weighted by atomic mass is 32.2. The third-order valence-corrected chi connectivity index (χ3v) is 9.62. The Kier molecular flexibility index (Phi) is 8.24. The summed E-state index contributed by atoms with van der Waals surface area (Å²) in [5.74, 6) is 0.206. The lowest BCUT2D eigenvalue weighted by atomic mass is 10.0. The van der Waals surface area contributed by atoms with E-state index in [9.17, 15) is 16.8 Å². The van der Waals surface area contributed by atoms with E-state index in [-0.39, 0.29) is 23.0 Å². The van der Waals surface area contributed by atoms with Gasteiger partial charge in [-0.2, -0.15) is 4.31 Å². The fourth-order valence-corrected chi connectivity index (χ4v) is 7.29. The van der Waals surface area contributed by atoms with Crippen LogP contribution < -0.4 is 4.90 Å². The van der Waals surface area contributed by atoms with Gasteiger partial charge < -0.3 is 4.90 Å². The molecule has 0 saturated carbocycles. The van der Waals surface area contributed by atoms with Gasteiger partial charge in [-0.15, -0.1) is 0 Å². The summed E-state index contributed by atoms with van der Waals surface area (Å²) in [6.07, 6.45) is 2.58. The van der Waals surface area contributed by atoms with Gasteiger partial charge in [0.1, 0.15) is 9.84 Å². The Hall–Kier alpha value is -1.90. The molecule has 1 saturated heterocycles. The molecule has 2 aromatic carbocycles. The summed E-state index contributed by atoms with van der Waals surface area (Å²) in [6.45, 7) is 7.60. The highest BCUT2D eigenvalue weighted by molar-refractivity contribution is 7.91. The monoisotopic (exact) mass is 492 g/mol.